The smallest absolute Gasteiger partial charge is 0.342 e. The van der Waals surface area contributed by atoms with E-state index in [-0.39, 0.29) is 24.6 Å². The number of carbonyl (C=O) groups excluding carboxylic acids is 2. The van der Waals surface area contributed by atoms with Crippen LogP contribution in [0.25, 0.3) is 16.9 Å². The minimum atomic E-state index is -0.549. The first kappa shape index (κ1) is 20.8. The Morgan fingerprint density at radius 1 is 0.968 bits per heavy atom. The van der Waals surface area contributed by atoms with Crippen LogP contribution in [0.2, 0.25) is 0 Å². The summed E-state index contributed by atoms with van der Waals surface area (Å²) in [7, 11) is 0. The lowest BCUT2D eigenvalue weighted by atomic mass is 9.97. The van der Waals surface area contributed by atoms with Gasteiger partial charge >= 0.3 is 5.97 Å². The zero-order chi connectivity index (χ0) is 21.8. The van der Waals surface area contributed by atoms with Crippen molar-refractivity contribution in [1.82, 2.24) is 14.7 Å². The third-order valence-electron chi connectivity index (χ3n) is 5.81. The van der Waals surface area contributed by atoms with E-state index in [1.54, 1.807) is 10.9 Å². The van der Waals surface area contributed by atoms with Crippen molar-refractivity contribution >= 4 is 11.9 Å². The molecule has 0 radical (unpaired) electrons. The fraction of sp³-hybridized carbons (Fsp3) is 0.320. The molecule has 6 nitrogen and oxygen atoms in total. The average Bonchev–Trinajstić information content (AvgIpc) is 3.24. The van der Waals surface area contributed by atoms with E-state index < -0.39 is 5.97 Å². The van der Waals surface area contributed by atoms with E-state index in [0.29, 0.717) is 11.3 Å². The molecule has 1 aliphatic rings. The maximum atomic E-state index is 13.0. The molecule has 0 unspecified atom stereocenters. The Morgan fingerprint density at radius 2 is 1.58 bits per heavy atom. The normalized spacial score (nSPS) is 18.6. The van der Waals surface area contributed by atoms with Crippen LogP contribution in [-0.4, -0.2) is 45.2 Å². The molecule has 160 valence electrons. The van der Waals surface area contributed by atoms with Crippen molar-refractivity contribution in [3.05, 3.63) is 72.4 Å². The molecule has 6 heteroatoms. The molecule has 0 N–H and O–H groups in total. The quantitative estimate of drug-likeness (QED) is 0.574. The van der Waals surface area contributed by atoms with Gasteiger partial charge in [-0.15, -0.1) is 0 Å². The molecule has 1 aromatic heterocycles. The number of likely N-dealkylation sites (tertiary alicyclic amines) is 1. The topological polar surface area (TPSA) is 64.4 Å². The zero-order valence-electron chi connectivity index (χ0n) is 17.9. The Morgan fingerprint density at radius 3 is 2.23 bits per heavy atom. The lowest BCUT2D eigenvalue weighted by molar-refractivity contribution is -0.140. The van der Waals surface area contributed by atoms with Crippen molar-refractivity contribution < 1.29 is 14.3 Å². The molecular formula is C25H27N3O3. The second-order valence-electron chi connectivity index (χ2n) is 8.04. The molecule has 2 atom stereocenters. The maximum Gasteiger partial charge on any atom is 0.342 e. The van der Waals surface area contributed by atoms with E-state index in [1.165, 1.54) is 0 Å². The predicted octanol–water partition coefficient (Wildman–Crippen LogP) is 4.49. The molecule has 31 heavy (non-hydrogen) atoms. The number of carbonyl (C=O) groups is 2. The summed E-state index contributed by atoms with van der Waals surface area (Å²) < 4.78 is 7.13. The Balaban J connectivity index is 1.57. The summed E-state index contributed by atoms with van der Waals surface area (Å²) in [6.07, 6.45) is 4.74. The monoisotopic (exact) mass is 417 g/mol. The Kier molecular flexibility index (Phi) is 6.16. The second kappa shape index (κ2) is 9.16. The summed E-state index contributed by atoms with van der Waals surface area (Å²) >= 11 is 0. The first-order valence-electron chi connectivity index (χ1n) is 10.7. The molecule has 1 aliphatic heterocycles. The van der Waals surface area contributed by atoms with Crippen LogP contribution in [0.5, 0.6) is 0 Å². The van der Waals surface area contributed by atoms with Crippen LogP contribution in [0, 0.1) is 0 Å². The number of para-hydroxylation sites is 1. The molecule has 0 aliphatic carbocycles. The second-order valence-corrected chi connectivity index (χ2v) is 8.04. The van der Waals surface area contributed by atoms with Gasteiger partial charge in [-0.1, -0.05) is 48.5 Å². The van der Waals surface area contributed by atoms with Crippen LogP contribution in [0.4, 0.5) is 0 Å². The van der Waals surface area contributed by atoms with Gasteiger partial charge in [0.1, 0.15) is 11.3 Å². The predicted molar refractivity (Wildman–Crippen MR) is 119 cm³/mol. The summed E-state index contributed by atoms with van der Waals surface area (Å²) in [6, 6.07) is 19.4. The minimum absolute atomic E-state index is 0.148. The van der Waals surface area contributed by atoms with Gasteiger partial charge in [-0.05, 0) is 45.2 Å². The number of rotatable bonds is 5. The summed E-state index contributed by atoms with van der Waals surface area (Å²) in [5.74, 6) is -0.698. The largest absolute Gasteiger partial charge is 0.452 e. The van der Waals surface area contributed by atoms with E-state index in [2.05, 4.69) is 5.10 Å². The average molecular weight is 418 g/mol. The van der Waals surface area contributed by atoms with E-state index in [1.807, 2.05) is 79.4 Å². The van der Waals surface area contributed by atoms with Crippen molar-refractivity contribution in [2.24, 2.45) is 0 Å². The molecule has 3 aromatic rings. The van der Waals surface area contributed by atoms with Gasteiger partial charge < -0.3 is 9.64 Å². The van der Waals surface area contributed by atoms with Crippen LogP contribution >= 0.6 is 0 Å². The highest BCUT2D eigenvalue weighted by atomic mass is 16.5. The third kappa shape index (κ3) is 4.53. The highest BCUT2D eigenvalue weighted by Gasteiger charge is 2.30. The third-order valence-corrected chi connectivity index (χ3v) is 5.81. The number of hydrogen-bond donors (Lipinski definition) is 0. The van der Waals surface area contributed by atoms with Gasteiger partial charge in [0.05, 0.1) is 5.69 Å². The summed E-state index contributed by atoms with van der Waals surface area (Å²) in [5.41, 5.74) is 2.52. The van der Waals surface area contributed by atoms with Gasteiger partial charge in [0.2, 0.25) is 0 Å². The van der Waals surface area contributed by atoms with Crippen LogP contribution in [0.3, 0.4) is 0 Å². The van der Waals surface area contributed by atoms with Crippen LogP contribution < -0.4 is 0 Å². The van der Waals surface area contributed by atoms with Crippen molar-refractivity contribution in [3.8, 4) is 16.9 Å². The highest BCUT2D eigenvalue weighted by molar-refractivity contribution is 5.97. The van der Waals surface area contributed by atoms with E-state index >= 15 is 0 Å². The van der Waals surface area contributed by atoms with Crippen molar-refractivity contribution in [3.63, 3.8) is 0 Å². The van der Waals surface area contributed by atoms with E-state index in [4.69, 9.17) is 4.74 Å². The standard InChI is InChI=1S/C25H27N3O3/c1-18-10-9-11-19(2)28(18)23(29)17-31-25(30)22-16-27(21-14-7-4-8-15-21)26-24(22)20-12-5-3-6-13-20/h3-8,12-16,18-19H,9-11,17H2,1-2H3/t18-,19-/m1/s1. The number of amides is 1. The van der Waals surface area contributed by atoms with Gasteiger partial charge in [0.25, 0.3) is 5.91 Å². The van der Waals surface area contributed by atoms with Crippen LogP contribution in [0.1, 0.15) is 43.5 Å². The van der Waals surface area contributed by atoms with E-state index in [0.717, 1.165) is 30.5 Å². The Labute approximate surface area is 182 Å². The SMILES string of the molecule is C[C@@H]1CCC[C@@H](C)N1C(=O)COC(=O)c1cn(-c2ccccc2)nc1-c1ccccc1. The molecule has 0 saturated carbocycles. The Hall–Kier alpha value is -3.41. The summed E-state index contributed by atoms with van der Waals surface area (Å²) in [5, 5.41) is 4.63. The zero-order valence-corrected chi connectivity index (χ0v) is 17.9. The van der Waals surface area contributed by atoms with Gasteiger partial charge in [-0.2, -0.15) is 5.10 Å². The molecule has 0 bridgehead atoms. The summed E-state index contributed by atoms with van der Waals surface area (Å²) in [4.78, 5) is 27.6. The number of aromatic nitrogens is 2. The molecule has 1 amide bonds. The van der Waals surface area contributed by atoms with Crippen LogP contribution in [-0.2, 0) is 9.53 Å². The molecule has 2 heterocycles. The molecular weight excluding hydrogens is 390 g/mol. The first-order chi connectivity index (χ1) is 15.0. The first-order valence-corrected chi connectivity index (χ1v) is 10.7. The van der Waals surface area contributed by atoms with Crippen molar-refractivity contribution in [2.75, 3.05) is 6.61 Å². The number of esters is 1. The molecule has 4 rings (SSSR count). The number of ether oxygens (including phenoxy) is 1. The fourth-order valence-corrected chi connectivity index (χ4v) is 4.24. The summed E-state index contributed by atoms with van der Waals surface area (Å²) in [6.45, 7) is 3.83. The maximum absolute atomic E-state index is 13.0. The number of hydrogen-bond acceptors (Lipinski definition) is 4. The van der Waals surface area contributed by atoms with Gasteiger partial charge in [-0.3, -0.25) is 4.79 Å². The fourth-order valence-electron chi connectivity index (χ4n) is 4.24. The number of benzene rings is 2. The molecule has 2 aromatic carbocycles. The highest BCUT2D eigenvalue weighted by Crippen LogP contribution is 2.25. The van der Waals surface area contributed by atoms with Crippen molar-refractivity contribution in [1.29, 1.82) is 0 Å². The molecule has 1 fully saturated rings. The van der Waals surface area contributed by atoms with Gasteiger partial charge in [0, 0.05) is 23.8 Å². The van der Waals surface area contributed by atoms with Crippen molar-refractivity contribution in [2.45, 2.75) is 45.2 Å². The molecule has 0 spiro atoms. The lowest BCUT2D eigenvalue weighted by Crippen LogP contribution is -2.49. The minimum Gasteiger partial charge on any atom is -0.452 e. The van der Waals surface area contributed by atoms with Gasteiger partial charge in [-0.25, -0.2) is 9.48 Å². The number of nitrogens with zero attached hydrogens (tertiary/aromatic N) is 3. The molecule has 1 saturated heterocycles. The Bertz CT molecular complexity index is 1040. The van der Waals surface area contributed by atoms with E-state index in [9.17, 15) is 9.59 Å². The van der Waals surface area contributed by atoms with Gasteiger partial charge in [0.15, 0.2) is 6.61 Å². The lowest BCUT2D eigenvalue weighted by Gasteiger charge is -2.38. The number of piperidine rings is 1. The van der Waals surface area contributed by atoms with Crippen LogP contribution in [0.15, 0.2) is 66.9 Å².